The van der Waals surface area contributed by atoms with Crippen molar-refractivity contribution in [3.8, 4) is 0 Å². The Labute approximate surface area is 221 Å². The zero-order chi connectivity index (χ0) is 28.1. The third kappa shape index (κ3) is 9.54. The van der Waals surface area contributed by atoms with Crippen LogP contribution in [-0.4, -0.2) is 35.4 Å². The van der Waals surface area contributed by atoms with Crippen molar-refractivity contribution in [3.05, 3.63) is 65.7 Å². The monoisotopic (exact) mass is 517 g/mol. The summed E-state index contributed by atoms with van der Waals surface area (Å²) in [6.07, 6.45) is 3.48. The normalized spacial score (nSPS) is 13.5. The fourth-order valence-electron chi connectivity index (χ4n) is 4.18. The first-order valence-electron chi connectivity index (χ1n) is 13.3. The third-order valence-corrected chi connectivity index (χ3v) is 6.51. The minimum absolute atomic E-state index is 0.00825. The highest BCUT2D eigenvalue weighted by molar-refractivity contribution is 6.05. The van der Waals surface area contributed by atoms with E-state index in [-0.39, 0.29) is 29.2 Å². The van der Waals surface area contributed by atoms with Crippen LogP contribution in [0.5, 0.6) is 0 Å². The van der Waals surface area contributed by atoms with Gasteiger partial charge in [-0.25, -0.2) is 8.78 Å². The maximum Gasteiger partial charge on any atom is 0.246 e. The molecule has 206 valence electrons. The maximum absolute atomic E-state index is 14.7. The number of unbranched alkanes of at least 4 members (excludes halogenated alkanes) is 1. The quantitative estimate of drug-likeness (QED) is 0.162. The number of rotatable bonds is 14. The van der Waals surface area contributed by atoms with Crippen molar-refractivity contribution in [2.24, 2.45) is 11.3 Å². The number of carbonyl (C=O) groups is 1. The van der Waals surface area contributed by atoms with E-state index in [0.29, 0.717) is 25.1 Å². The van der Waals surface area contributed by atoms with Crippen LogP contribution < -0.4 is 10.6 Å². The highest BCUT2D eigenvalue weighted by Crippen LogP contribution is 2.32. The molecule has 0 bridgehead atoms. The molecule has 0 radical (unpaired) electrons. The van der Waals surface area contributed by atoms with Crippen molar-refractivity contribution in [2.75, 3.05) is 18.5 Å². The topological polar surface area (TPSA) is 85.2 Å². The molecule has 0 aliphatic carbocycles. The predicted molar refractivity (Wildman–Crippen MR) is 149 cm³/mol. The summed E-state index contributed by atoms with van der Waals surface area (Å²) in [4.78, 5) is 13.7. The summed E-state index contributed by atoms with van der Waals surface area (Å²) in [6, 6.07) is 12.4. The van der Waals surface area contributed by atoms with Gasteiger partial charge in [-0.2, -0.15) is 0 Å². The second kappa shape index (κ2) is 15.5. The van der Waals surface area contributed by atoms with Crippen LogP contribution in [-0.2, 0) is 4.79 Å². The van der Waals surface area contributed by atoms with Gasteiger partial charge < -0.3 is 21.1 Å². The molecule has 5 nitrogen and oxygen atoms in total. The van der Waals surface area contributed by atoms with Gasteiger partial charge in [-0.3, -0.25) is 4.79 Å². The molecule has 0 saturated carbocycles. The Kier molecular flexibility index (Phi) is 13.5. The van der Waals surface area contributed by atoms with E-state index in [4.69, 9.17) is 5.41 Å². The second-order valence-electron chi connectivity index (χ2n) is 10.1. The van der Waals surface area contributed by atoms with Crippen LogP contribution in [0.4, 0.5) is 14.5 Å². The molecular formula is C30H45F2N3O2. The molecule has 7 heteroatoms. The Morgan fingerprint density at radius 1 is 1.05 bits per heavy atom. The van der Waals surface area contributed by atoms with Crippen molar-refractivity contribution in [1.82, 2.24) is 5.32 Å². The van der Waals surface area contributed by atoms with E-state index >= 15 is 0 Å². The average Bonchev–Trinajstić information content (AvgIpc) is 2.88. The molecular weight excluding hydrogens is 472 g/mol. The Bertz CT molecular complexity index is 982. The molecule has 0 aromatic heterocycles. The molecule has 0 aliphatic rings. The number of anilines is 1. The van der Waals surface area contributed by atoms with Crippen LogP contribution in [0.1, 0.15) is 79.2 Å². The number of carbonyl (C=O) groups excluding carboxylic acids is 1. The zero-order valence-electron chi connectivity index (χ0n) is 23.3. The smallest absolute Gasteiger partial charge is 0.246 e. The highest BCUT2D eigenvalue weighted by atomic mass is 19.1. The van der Waals surface area contributed by atoms with Crippen LogP contribution in [0.15, 0.2) is 48.5 Å². The van der Waals surface area contributed by atoms with Gasteiger partial charge in [0, 0.05) is 42.1 Å². The second-order valence-corrected chi connectivity index (χ2v) is 10.1. The molecule has 0 fully saturated rings. The van der Waals surface area contributed by atoms with Crippen molar-refractivity contribution in [2.45, 2.75) is 79.2 Å². The summed E-state index contributed by atoms with van der Waals surface area (Å²) in [7, 11) is 0. The Morgan fingerprint density at radius 2 is 1.70 bits per heavy atom. The first kappa shape index (κ1) is 32.2. The lowest BCUT2D eigenvalue weighted by Crippen LogP contribution is -2.57. The van der Waals surface area contributed by atoms with E-state index in [9.17, 15) is 18.7 Å². The van der Waals surface area contributed by atoms with Crippen molar-refractivity contribution in [3.63, 3.8) is 0 Å². The molecule has 2 atom stereocenters. The van der Waals surface area contributed by atoms with E-state index in [1.165, 1.54) is 6.07 Å². The first-order valence-corrected chi connectivity index (χ1v) is 13.3. The van der Waals surface area contributed by atoms with Gasteiger partial charge in [-0.05, 0) is 55.9 Å². The van der Waals surface area contributed by atoms with Gasteiger partial charge in [0.1, 0.15) is 17.2 Å². The Balaban J connectivity index is 0.00000334. The summed E-state index contributed by atoms with van der Waals surface area (Å²) in [5.74, 6) is -2.49. The van der Waals surface area contributed by atoms with E-state index < -0.39 is 23.1 Å². The van der Waals surface area contributed by atoms with Crippen LogP contribution >= 0.6 is 0 Å². The molecule has 0 heterocycles. The van der Waals surface area contributed by atoms with Crippen molar-refractivity contribution < 1.29 is 18.7 Å². The molecule has 0 saturated heterocycles. The van der Waals surface area contributed by atoms with Gasteiger partial charge in [0.2, 0.25) is 5.91 Å². The summed E-state index contributed by atoms with van der Waals surface area (Å²) < 4.78 is 28.2. The fraction of sp³-hybridized carbons (Fsp3) is 0.533. The number of hydrogen-bond donors (Lipinski definition) is 4. The van der Waals surface area contributed by atoms with Crippen molar-refractivity contribution >= 4 is 17.3 Å². The number of aliphatic hydroxyl groups is 1. The lowest BCUT2D eigenvalue weighted by Gasteiger charge is -2.39. The van der Waals surface area contributed by atoms with Gasteiger partial charge in [0.05, 0.1) is 0 Å². The van der Waals surface area contributed by atoms with Gasteiger partial charge in [0.25, 0.3) is 0 Å². The largest absolute Gasteiger partial charge is 0.396 e. The van der Waals surface area contributed by atoms with Gasteiger partial charge in [-0.1, -0.05) is 65.7 Å². The third-order valence-electron chi connectivity index (χ3n) is 6.51. The van der Waals surface area contributed by atoms with Gasteiger partial charge in [0.15, 0.2) is 0 Å². The summed E-state index contributed by atoms with van der Waals surface area (Å²) in [5, 5.41) is 24.7. The van der Waals surface area contributed by atoms with E-state index in [1.807, 2.05) is 65.0 Å². The molecule has 4 N–H and O–H groups in total. The minimum atomic E-state index is -1.26. The number of hydrogen-bond acceptors (Lipinski definition) is 4. The van der Waals surface area contributed by atoms with Crippen molar-refractivity contribution in [1.29, 1.82) is 5.41 Å². The van der Waals surface area contributed by atoms with E-state index in [2.05, 4.69) is 10.6 Å². The lowest BCUT2D eigenvalue weighted by atomic mass is 9.75. The minimum Gasteiger partial charge on any atom is -0.396 e. The van der Waals surface area contributed by atoms with Crippen LogP contribution in [0.25, 0.3) is 0 Å². The maximum atomic E-state index is 14.7. The highest BCUT2D eigenvalue weighted by Gasteiger charge is 2.44. The SMILES string of the molecule is CC.CCCCC(C(=N)c1ccc(F)cc1F)C(C)(Nc1ccccc1)C(=O)NCCCC(C)(C)CO. The Morgan fingerprint density at radius 3 is 2.27 bits per heavy atom. The number of para-hydroxylation sites is 1. The zero-order valence-corrected chi connectivity index (χ0v) is 23.3. The average molecular weight is 518 g/mol. The van der Waals surface area contributed by atoms with Crippen LogP contribution in [0, 0.1) is 28.4 Å². The number of amides is 1. The summed E-state index contributed by atoms with van der Waals surface area (Å²) in [5.41, 5.74) is -0.839. The molecule has 1 amide bonds. The Hall–Kier alpha value is -2.80. The standard InChI is InChI=1S/C28H39F2N3O2.C2H6/c1-5-6-13-23(25(31)22-15-14-20(29)18-24(22)30)28(4,33-21-11-8-7-9-12-21)26(35)32-17-10-16-27(2,3)19-34;1-2/h7-9,11-12,14-15,18,23,31,33-34H,5-6,10,13,16-17,19H2,1-4H3,(H,32,35);1-2H3. The lowest BCUT2D eigenvalue weighted by molar-refractivity contribution is -0.126. The molecule has 2 unspecified atom stereocenters. The number of halogens is 2. The molecule has 2 aromatic rings. The van der Waals surface area contributed by atoms with E-state index in [0.717, 1.165) is 31.4 Å². The van der Waals surface area contributed by atoms with Crippen LogP contribution in [0.2, 0.25) is 0 Å². The van der Waals surface area contributed by atoms with Crippen LogP contribution in [0.3, 0.4) is 0 Å². The fourth-order valence-corrected chi connectivity index (χ4v) is 4.18. The molecule has 37 heavy (non-hydrogen) atoms. The molecule has 2 aromatic carbocycles. The number of benzene rings is 2. The molecule has 0 aliphatic heterocycles. The molecule has 0 spiro atoms. The predicted octanol–water partition coefficient (Wildman–Crippen LogP) is 6.95. The molecule has 2 rings (SSSR count). The first-order chi connectivity index (χ1) is 17.5. The number of aliphatic hydroxyl groups excluding tert-OH is 1. The summed E-state index contributed by atoms with van der Waals surface area (Å²) >= 11 is 0. The van der Waals surface area contributed by atoms with E-state index in [1.54, 1.807) is 6.92 Å². The van der Waals surface area contributed by atoms with Gasteiger partial charge >= 0.3 is 0 Å². The number of nitrogens with one attached hydrogen (secondary N) is 3. The van der Waals surface area contributed by atoms with Gasteiger partial charge in [-0.15, -0.1) is 0 Å². The summed E-state index contributed by atoms with van der Waals surface area (Å²) in [6.45, 7) is 12.2.